The first-order chi connectivity index (χ1) is 11.3. The molecule has 1 N–H and O–H groups in total. The maximum atomic E-state index is 12.6. The van der Waals surface area contributed by atoms with Crippen LogP contribution in [0.25, 0.3) is 0 Å². The molecule has 0 atom stereocenters. The number of nitrogens with one attached hydrogen (secondary N) is 1. The lowest BCUT2D eigenvalue weighted by molar-refractivity contribution is -0.118. The van der Waals surface area contributed by atoms with Gasteiger partial charge in [-0.25, -0.2) is 8.42 Å². The fourth-order valence-electron chi connectivity index (χ4n) is 2.44. The van der Waals surface area contributed by atoms with E-state index in [2.05, 4.69) is 4.72 Å². The number of rotatable bonds is 7. The van der Waals surface area contributed by atoms with E-state index in [1.807, 2.05) is 32.9 Å². The van der Waals surface area contributed by atoms with E-state index in [9.17, 15) is 13.2 Å². The summed E-state index contributed by atoms with van der Waals surface area (Å²) in [7, 11) is -3.68. The highest BCUT2D eigenvalue weighted by atomic mass is 32.2. The Morgan fingerprint density at radius 2 is 1.62 bits per heavy atom. The van der Waals surface area contributed by atoms with Gasteiger partial charge in [-0.05, 0) is 49.6 Å². The van der Waals surface area contributed by atoms with Gasteiger partial charge in [0.2, 0.25) is 0 Å². The number of anilines is 1. The Morgan fingerprint density at radius 3 is 2.25 bits per heavy atom. The quantitative estimate of drug-likeness (QED) is 0.824. The molecule has 2 aromatic carbocycles. The predicted octanol–water partition coefficient (Wildman–Crippen LogP) is 4.02. The van der Waals surface area contributed by atoms with Gasteiger partial charge in [0.1, 0.15) is 5.78 Å². The molecule has 2 rings (SSSR count). The number of carbonyl (C=O) groups is 1. The van der Waals surface area contributed by atoms with Crippen LogP contribution in [0.3, 0.4) is 0 Å². The zero-order valence-electron chi connectivity index (χ0n) is 14.3. The SMILES string of the molecule is CCCC(=O)Cc1ccc(C)cc1NS(=O)(=O)c1ccc(C)cc1. The second kappa shape index (κ2) is 7.62. The van der Waals surface area contributed by atoms with Crippen LogP contribution >= 0.6 is 0 Å². The van der Waals surface area contributed by atoms with Crippen LogP contribution in [0.5, 0.6) is 0 Å². The van der Waals surface area contributed by atoms with Crippen molar-refractivity contribution in [2.24, 2.45) is 0 Å². The van der Waals surface area contributed by atoms with E-state index in [1.165, 1.54) is 0 Å². The summed E-state index contributed by atoms with van der Waals surface area (Å²) in [6.45, 7) is 5.75. The molecule has 0 unspecified atom stereocenters. The molecule has 0 fully saturated rings. The maximum Gasteiger partial charge on any atom is 0.261 e. The van der Waals surface area contributed by atoms with Crippen molar-refractivity contribution in [2.75, 3.05) is 4.72 Å². The zero-order chi connectivity index (χ0) is 17.7. The van der Waals surface area contributed by atoms with Crippen LogP contribution in [0.1, 0.15) is 36.5 Å². The Kier molecular flexibility index (Phi) is 5.78. The lowest BCUT2D eigenvalue weighted by Crippen LogP contribution is -2.15. The van der Waals surface area contributed by atoms with Gasteiger partial charge in [-0.2, -0.15) is 0 Å². The van der Waals surface area contributed by atoms with Gasteiger partial charge in [0.05, 0.1) is 10.6 Å². The van der Waals surface area contributed by atoms with Crippen LogP contribution in [0.2, 0.25) is 0 Å². The highest BCUT2D eigenvalue weighted by Gasteiger charge is 2.17. The summed E-state index contributed by atoms with van der Waals surface area (Å²) in [4.78, 5) is 12.2. The average Bonchev–Trinajstić information content (AvgIpc) is 2.50. The topological polar surface area (TPSA) is 63.2 Å². The van der Waals surface area contributed by atoms with Crippen molar-refractivity contribution < 1.29 is 13.2 Å². The maximum absolute atomic E-state index is 12.6. The molecule has 0 aliphatic carbocycles. The molecule has 0 spiro atoms. The van der Waals surface area contributed by atoms with Crippen molar-refractivity contribution in [1.82, 2.24) is 0 Å². The number of benzene rings is 2. The molecule has 0 saturated heterocycles. The van der Waals surface area contributed by atoms with Gasteiger partial charge < -0.3 is 0 Å². The van der Waals surface area contributed by atoms with Gasteiger partial charge in [-0.3, -0.25) is 9.52 Å². The van der Waals surface area contributed by atoms with Crippen LogP contribution < -0.4 is 4.72 Å². The third-order valence-corrected chi connectivity index (χ3v) is 5.14. The Balaban J connectivity index is 2.32. The fraction of sp³-hybridized carbons (Fsp3) is 0.316. The normalized spacial score (nSPS) is 11.3. The van der Waals surface area contributed by atoms with Gasteiger partial charge in [-0.1, -0.05) is 36.8 Å². The monoisotopic (exact) mass is 345 g/mol. The number of sulfonamides is 1. The van der Waals surface area contributed by atoms with Crippen LogP contribution in [0.15, 0.2) is 47.4 Å². The van der Waals surface area contributed by atoms with Crippen molar-refractivity contribution in [3.05, 3.63) is 59.2 Å². The highest BCUT2D eigenvalue weighted by molar-refractivity contribution is 7.92. The second-order valence-corrected chi connectivity index (χ2v) is 7.73. The lowest BCUT2D eigenvalue weighted by Gasteiger charge is -2.13. The van der Waals surface area contributed by atoms with Crippen LogP contribution in [0, 0.1) is 13.8 Å². The number of hydrogen-bond donors (Lipinski definition) is 1. The minimum atomic E-state index is -3.68. The Bertz CT molecular complexity index is 824. The molecule has 0 amide bonds. The number of Topliss-reactive ketones (excluding diaryl/α,β-unsaturated/α-hetero) is 1. The number of ketones is 1. The molecular formula is C19H23NO3S. The van der Waals surface area contributed by atoms with Crippen molar-refractivity contribution in [2.45, 2.75) is 44.9 Å². The molecule has 0 heterocycles. The fourth-order valence-corrected chi connectivity index (χ4v) is 3.53. The van der Waals surface area contributed by atoms with E-state index >= 15 is 0 Å². The number of carbonyl (C=O) groups excluding carboxylic acids is 1. The molecule has 0 radical (unpaired) electrons. The smallest absolute Gasteiger partial charge is 0.261 e. The first kappa shape index (κ1) is 18.2. The van der Waals surface area contributed by atoms with E-state index in [0.29, 0.717) is 17.7 Å². The summed E-state index contributed by atoms with van der Waals surface area (Å²) >= 11 is 0. The van der Waals surface area contributed by atoms with Crippen molar-refractivity contribution in [3.63, 3.8) is 0 Å². The van der Waals surface area contributed by atoms with Gasteiger partial charge >= 0.3 is 0 Å². The van der Waals surface area contributed by atoms with Crippen molar-refractivity contribution >= 4 is 21.5 Å². The van der Waals surface area contributed by atoms with Gasteiger partial charge in [0.15, 0.2) is 0 Å². The summed E-state index contributed by atoms with van der Waals surface area (Å²) in [5.74, 6) is 0.108. The summed E-state index contributed by atoms with van der Waals surface area (Å²) in [6, 6.07) is 12.1. The lowest BCUT2D eigenvalue weighted by atomic mass is 10.0. The Labute approximate surface area is 144 Å². The van der Waals surface area contributed by atoms with Crippen molar-refractivity contribution in [3.8, 4) is 0 Å². The van der Waals surface area contributed by atoms with E-state index in [-0.39, 0.29) is 17.1 Å². The minimum absolute atomic E-state index is 0.108. The molecular weight excluding hydrogens is 322 g/mol. The first-order valence-corrected chi connectivity index (χ1v) is 9.51. The summed E-state index contributed by atoms with van der Waals surface area (Å²) < 4.78 is 27.8. The largest absolute Gasteiger partial charge is 0.299 e. The standard InChI is InChI=1S/C19H23NO3S/c1-4-5-17(21)13-16-9-6-15(3)12-19(16)20-24(22,23)18-10-7-14(2)8-11-18/h6-12,20H,4-5,13H2,1-3H3. The average molecular weight is 345 g/mol. The van der Waals surface area contributed by atoms with E-state index in [4.69, 9.17) is 0 Å². The molecule has 5 heteroatoms. The molecule has 0 aliphatic rings. The third-order valence-electron chi connectivity index (χ3n) is 3.76. The van der Waals surface area contributed by atoms with Crippen molar-refractivity contribution in [1.29, 1.82) is 0 Å². The van der Waals surface area contributed by atoms with Gasteiger partial charge in [0.25, 0.3) is 10.0 Å². The first-order valence-electron chi connectivity index (χ1n) is 8.02. The zero-order valence-corrected chi connectivity index (χ0v) is 15.1. The summed E-state index contributed by atoms with van der Waals surface area (Å²) in [6.07, 6.45) is 1.52. The number of aryl methyl sites for hydroxylation is 2. The third kappa shape index (κ3) is 4.68. The summed E-state index contributed by atoms with van der Waals surface area (Å²) in [5, 5.41) is 0. The van der Waals surface area contributed by atoms with Crippen LogP contribution in [-0.4, -0.2) is 14.2 Å². The van der Waals surface area contributed by atoms with E-state index in [1.54, 1.807) is 30.3 Å². The van der Waals surface area contributed by atoms with E-state index in [0.717, 1.165) is 17.5 Å². The van der Waals surface area contributed by atoms with Gasteiger partial charge in [-0.15, -0.1) is 0 Å². The molecule has 0 aliphatic heterocycles. The van der Waals surface area contributed by atoms with Crippen LogP contribution in [0.4, 0.5) is 5.69 Å². The highest BCUT2D eigenvalue weighted by Crippen LogP contribution is 2.23. The van der Waals surface area contributed by atoms with Crippen LogP contribution in [-0.2, 0) is 21.2 Å². The predicted molar refractivity (Wildman–Crippen MR) is 96.8 cm³/mol. The molecule has 2 aromatic rings. The molecule has 0 aromatic heterocycles. The Morgan fingerprint density at radius 1 is 1.00 bits per heavy atom. The second-order valence-electron chi connectivity index (χ2n) is 6.04. The van der Waals surface area contributed by atoms with E-state index < -0.39 is 10.0 Å². The molecule has 0 saturated carbocycles. The van der Waals surface area contributed by atoms with Gasteiger partial charge in [0, 0.05) is 12.8 Å². The molecule has 24 heavy (non-hydrogen) atoms. The Hall–Kier alpha value is -2.14. The number of hydrogen-bond acceptors (Lipinski definition) is 3. The molecule has 0 bridgehead atoms. The molecule has 4 nitrogen and oxygen atoms in total. The molecule has 128 valence electrons. The minimum Gasteiger partial charge on any atom is -0.299 e. The summed E-state index contributed by atoms with van der Waals surface area (Å²) in [5.41, 5.74) is 3.11.